The molecule has 1 aliphatic heterocycles. The van der Waals surface area contributed by atoms with Crippen LogP contribution in [0.3, 0.4) is 0 Å². The predicted octanol–water partition coefficient (Wildman–Crippen LogP) is -0.321. The zero-order valence-corrected chi connectivity index (χ0v) is 9.76. The summed E-state index contributed by atoms with van der Waals surface area (Å²) in [7, 11) is 2.05. The summed E-state index contributed by atoms with van der Waals surface area (Å²) in [5.74, 6) is -0.466. The van der Waals surface area contributed by atoms with Gasteiger partial charge in [-0.2, -0.15) is 0 Å². The third-order valence-corrected chi connectivity index (χ3v) is 2.76. The van der Waals surface area contributed by atoms with Crippen LogP contribution in [0.15, 0.2) is 18.3 Å². The van der Waals surface area contributed by atoms with Crippen LogP contribution in [0.5, 0.6) is 5.75 Å². The Balaban J connectivity index is 1.96. The molecule has 0 unspecified atom stereocenters. The molecule has 0 atom stereocenters. The smallest absolute Gasteiger partial charge is 0.288 e. The van der Waals surface area contributed by atoms with Crippen molar-refractivity contribution in [3.8, 4) is 5.75 Å². The van der Waals surface area contributed by atoms with Crippen molar-refractivity contribution in [2.24, 2.45) is 0 Å². The lowest BCUT2D eigenvalue weighted by atomic mass is 10.3. The zero-order valence-electron chi connectivity index (χ0n) is 9.76. The number of amides is 1. The number of aromatic nitrogens is 1. The van der Waals surface area contributed by atoms with E-state index in [2.05, 4.69) is 15.3 Å². The van der Waals surface area contributed by atoms with Crippen LogP contribution < -0.4 is 5.43 Å². The number of likely N-dealkylation sites (N-methyl/N-ethyl adjacent to an activating group) is 1. The SMILES string of the molecule is CN1CCN(NC(=O)c2ncccc2O)CC1. The number of piperazine rings is 1. The molecule has 17 heavy (non-hydrogen) atoms. The molecule has 6 heteroatoms. The maximum absolute atomic E-state index is 11.8. The van der Waals surface area contributed by atoms with E-state index in [0.29, 0.717) is 0 Å². The van der Waals surface area contributed by atoms with E-state index in [0.717, 1.165) is 26.2 Å². The molecule has 1 aromatic heterocycles. The molecule has 0 aliphatic carbocycles. The fraction of sp³-hybridized carbons (Fsp3) is 0.455. The molecule has 2 heterocycles. The Bertz CT molecular complexity index is 402. The van der Waals surface area contributed by atoms with Crippen molar-refractivity contribution in [3.63, 3.8) is 0 Å². The van der Waals surface area contributed by atoms with Crippen LogP contribution >= 0.6 is 0 Å². The van der Waals surface area contributed by atoms with Gasteiger partial charge in [-0.3, -0.25) is 10.2 Å². The van der Waals surface area contributed by atoms with Crippen LogP contribution in [0, 0.1) is 0 Å². The van der Waals surface area contributed by atoms with Gasteiger partial charge in [-0.1, -0.05) is 0 Å². The maximum Gasteiger partial charge on any atom is 0.288 e. The number of rotatable bonds is 2. The summed E-state index contributed by atoms with van der Waals surface area (Å²) in [6, 6.07) is 3.04. The summed E-state index contributed by atoms with van der Waals surface area (Å²) in [6.45, 7) is 3.37. The van der Waals surface area contributed by atoms with Gasteiger partial charge in [0.1, 0.15) is 5.75 Å². The normalized spacial score (nSPS) is 17.9. The first-order chi connectivity index (χ1) is 8.16. The number of hydrogen-bond donors (Lipinski definition) is 2. The average molecular weight is 236 g/mol. The Morgan fingerprint density at radius 2 is 2.12 bits per heavy atom. The van der Waals surface area contributed by atoms with Crippen LogP contribution in [0.25, 0.3) is 0 Å². The van der Waals surface area contributed by atoms with Crippen molar-refractivity contribution in [1.82, 2.24) is 20.3 Å². The molecule has 0 saturated carbocycles. The fourth-order valence-electron chi connectivity index (χ4n) is 1.69. The van der Waals surface area contributed by atoms with Gasteiger partial charge in [-0.05, 0) is 19.2 Å². The summed E-state index contributed by atoms with van der Waals surface area (Å²) < 4.78 is 0. The Labute approximate surface area is 99.8 Å². The van der Waals surface area contributed by atoms with E-state index in [1.165, 1.54) is 12.3 Å². The highest BCUT2D eigenvalue weighted by Gasteiger charge is 2.18. The molecule has 0 aromatic carbocycles. The van der Waals surface area contributed by atoms with E-state index in [1.54, 1.807) is 6.07 Å². The predicted molar refractivity (Wildman–Crippen MR) is 62.4 cm³/mol. The van der Waals surface area contributed by atoms with Crippen molar-refractivity contribution < 1.29 is 9.90 Å². The molecule has 0 radical (unpaired) electrons. The summed E-state index contributed by atoms with van der Waals surface area (Å²) in [5.41, 5.74) is 2.80. The van der Waals surface area contributed by atoms with Crippen molar-refractivity contribution in [2.45, 2.75) is 0 Å². The Kier molecular flexibility index (Phi) is 3.55. The Morgan fingerprint density at radius 1 is 1.41 bits per heavy atom. The molecule has 1 aromatic rings. The molecule has 2 rings (SSSR count). The highest BCUT2D eigenvalue weighted by Crippen LogP contribution is 2.12. The van der Waals surface area contributed by atoms with E-state index >= 15 is 0 Å². The molecule has 6 nitrogen and oxygen atoms in total. The van der Waals surface area contributed by atoms with Crippen molar-refractivity contribution in [2.75, 3.05) is 33.2 Å². The highest BCUT2D eigenvalue weighted by atomic mass is 16.3. The molecular formula is C11H16N4O2. The second-order valence-corrected chi connectivity index (χ2v) is 4.10. The van der Waals surface area contributed by atoms with Crippen molar-refractivity contribution >= 4 is 5.91 Å². The second-order valence-electron chi connectivity index (χ2n) is 4.10. The summed E-state index contributed by atoms with van der Waals surface area (Å²) in [5, 5.41) is 11.3. The highest BCUT2D eigenvalue weighted by molar-refractivity contribution is 5.94. The minimum absolute atomic E-state index is 0.0615. The molecule has 2 N–H and O–H groups in total. The van der Waals surface area contributed by atoms with E-state index in [-0.39, 0.29) is 17.4 Å². The van der Waals surface area contributed by atoms with Crippen LogP contribution in [0.4, 0.5) is 0 Å². The number of nitrogens with one attached hydrogen (secondary N) is 1. The zero-order chi connectivity index (χ0) is 12.3. The van der Waals surface area contributed by atoms with Crippen molar-refractivity contribution in [1.29, 1.82) is 0 Å². The minimum Gasteiger partial charge on any atom is -0.505 e. The molecule has 1 fully saturated rings. The largest absolute Gasteiger partial charge is 0.505 e. The van der Waals surface area contributed by atoms with Gasteiger partial charge in [-0.15, -0.1) is 0 Å². The molecule has 92 valence electrons. The molecule has 0 bridgehead atoms. The van der Waals surface area contributed by atoms with Crippen LogP contribution in [-0.4, -0.2) is 59.1 Å². The molecule has 0 spiro atoms. The molecule has 1 saturated heterocycles. The topological polar surface area (TPSA) is 68.7 Å². The second kappa shape index (κ2) is 5.11. The van der Waals surface area contributed by atoms with Gasteiger partial charge in [0, 0.05) is 32.4 Å². The number of hydrazine groups is 1. The van der Waals surface area contributed by atoms with Crippen LogP contribution in [-0.2, 0) is 0 Å². The average Bonchev–Trinajstić information content (AvgIpc) is 2.32. The van der Waals surface area contributed by atoms with Crippen LogP contribution in [0.1, 0.15) is 10.5 Å². The molecule has 1 amide bonds. The third-order valence-electron chi connectivity index (χ3n) is 2.76. The maximum atomic E-state index is 11.8. The lowest BCUT2D eigenvalue weighted by molar-refractivity contribution is 0.0655. The standard InChI is InChI=1S/C11H16N4O2/c1-14-5-7-15(8-6-14)13-11(17)10-9(16)3-2-4-12-10/h2-4,16H,5-8H2,1H3,(H,13,17). The summed E-state index contributed by atoms with van der Waals surface area (Å²) >= 11 is 0. The van der Waals surface area contributed by atoms with Gasteiger partial charge in [0.2, 0.25) is 0 Å². The minimum atomic E-state index is -0.368. The quantitative estimate of drug-likeness (QED) is 0.736. The lowest BCUT2D eigenvalue weighted by Gasteiger charge is -2.32. The number of carbonyl (C=O) groups excluding carboxylic acids is 1. The Hall–Kier alpha value is -1.66. The van der Waals surface area contributed by atoms with Gasteiger partial charge in [0.05, 0.1) is 0 Å². The number of carbonyl (C=O) groups is 1. The first kappa shape index (κ1) is 11.8. The molecule has 1 aliphatic rings. The van der Waals surface area contributed by atoms with Gasteiger partial charge in [0.25, 0.3) is 5.91 Å². The summed E-state index contributed by atoms with van der Waals surface area (Å²) in [6.07, 6.45) is 1.48. The fourth-order valence-corrected chi connectivity index (χ4v) is 1.69. The number of pyridine rings is 1. The molecular weight excluding hydrogens is 220 g/mol. The van der Waals surface area contributed by atoms with Gasteiger partial charge >= 0.3 is 0 Å². The van der Waals surface area contributed by atoms with Gasteiger partial charge < -0.3 is 10.0 Å². The summed E-state index contributed by atoms with van der Waals surface area (Å²) in [4.78, 5) is 17.9. The number of aromatic hydroxyl groups is 1. The number of nitrogens with zero attached hydrogens (tertiary/aromatic N) is 3. The van der Waals surface area contributed by atoms with Gasteiger partial charge in [-0.25, -0.2) is 9.99 Å². The lowest BCUT2D eigenvalue weighted by Crippen LogP contribution is -2.52. The van der Waals surface area contributed by atoms with E-state index in [9.17, 15) is 9.90 Å². The van der Waals surface area contributed by atoms with Crippen LogP contribution in [0.2, 0.25) is 0 Å². The number of hydrogen-bond acceptors (Lipinski definition) is 5. The third kappa shape index (κ3) is 2.92. The van der Waals surface area contributed by atoms with Crippen molar-refractivity contribution in [3.05, 3.63) is 24.0 Å². The first-order valence-electron chi connectivity index (χ1n) is 5.55. The van der Waals surface area contributed by atoms with E-state index in [4.69, 9.17) is 0 Å². The first-order valence-corrected chi connectivity index (χ1v) is 5.55. The van der Waals surface area contributed by atoms with Gasteiger partial charge in [0.15, 0.2) is 5.69 Å². The monoisotopic (exact) mass is 236 g/mol. The Morgan fingerprint density at radius 3 is 2.76 bits per heavy atom. The van der Waals surface area contributed by atoms with E-state index in [1.807, 2.05) is 12.1 Å². The van der Waals surface area contributed by atoms with E-state index < -0.39 is 0 Å².